The van der Waals surface area contributed by atoms with Crippen molar-refractivity contribution in [1.82, 2.24) is 24.6 Å². The maximum atomic E-state index is 12.7. The molecule has 30 heavy (non-hydrogen) atoms. The summed E-state index contributed by atoms with van der Waals surface area (Å²) < 4.78 is 2.21. The molecule has 2 saturated heterocycles. The quantitative estimate of drug-likeness (QED) is 0.631. The lowest BCUT2D eigenvalue weighted by Gasteiger charge is -2.30. The zero-order valence-corrected chi connectivity index (χ0v) is 18.8. The van der Waals surface area contributed by atoms with Gasteiger partial charge in [0, 0.05) is 13.1 Å². The van der Waals surface area contributed by atoms with Gasteiger partial charge in [-0.15, -0.1) is 10.2 Å². The first-order chi connectivity index (χ1) is 14.7. The second-order valence-corrected chi connectivity index (χ2v) is 9.60. The molecule has 0 saturated carbocycles. The fourth-order valence-electron chi connectivity index (χ4n) is 4.26. The Hall–Kier alpha value is -1.86. The van der Waals surface area contributed by atoms with Crippen molar-refractivity contribution in [2.75, 3.05) is 31.9 Å². The summed E-state index contributed by atoms with van der Waals surface area (Å²) in [5.74, 6) is 2.39. The van der Waals surface area contributed by atoms with Crippen LogP contribution < -0.4 is 0 Å². The molecule has 0 atom stereocenters. The van der Waals surface area contributed by atoms with Gasteiger partial charge in [-0.05, 0) is 50.3 Å². The third kappa shape index (κ3) is 5.64. The number of thioether (sulfide) groups is 1. The molecule has 0 bridgehead atoms. The molecular formula is C23H33N5OS. The standard InChI is InChI=1S/C23H33N5OS/c1-19-10-14-27(15-11-19)22(29)18-30-23-25-24-21(17-26-12-6-3-7-13-26)28(23)16-20-8-4-2-5-9-20/h2,4-5,8-9,19H,3,6-7,10-18H2,1H3. The van der Waals surface area contributed by atoms with Gasteiger partial charge in [-0.1, -0.05) is 55.4 Å². The van der Waals surface area contributed by atoms with E-state index in [-0.39, 0.29) is 5.91 Å². The molecule has 4 rings (SSSR count). The molecule has 0 radical (unpaired) electrons. The van der Waals surface area contributed by atoms with Crippen LogP contribution in [0.5, 0.6) is 0 Å². The number of hydrogen-bond donors (Lipinski definition) is 0. The molecule has 162 valence electrons. The third-order valence-electron chi connectivity index (χ3n) is 6.25. The number of carbonyl (C=O) groups is 1. The predicted octanol–water partition coefficient (Wildman–Crippen LogP) is 3.66. The van der Waals surface area contributed by atoms with Crippen molar-refractivity contribution in [1.29, 1.82) is 0 Å². The van der Waals surface area contributed by atoms with E-state index in [1.54, 1.807) is 0 Å². The summed E-state index contributed by atoms with van der Waals surface area (Å²) in [7, 11) is 0. The van der Waals surface area contributed by atoms with E-state index in [2.05, 4.69) is 50.9 Å². The number of amides is 1. The maximum Gasteiger partial charge on any atom is 0.233 e. The molecule has 2 fully saturated rings. The lowest BCUT2D eigenvalue weighted by Crippen LogP contribution is -2.38. The van der Waals surface area contributed by atoms with E-state index < -0.39 is 0 Å². The molecule has 3 heterocycles. The van der Waals surface area contributed by atoms with Crippen LogP contribution in [0, 0.1) is 5.92 Å². The molecule has 0 spiro atoms. The van der Waals surface area contributed by atoms with Gasteiger partial charge in [-0.25, -0.2) is 0 Å². The number of likely N-dealkylation sites (tertiary alicyclic amines) is 2. The summed E-state index contributed by atoms with van der Waals surface area (Å²) in [6.45, 7) is 7.88. The van der Waals surface area contributed by atoms with Crippen molar-refractivity contribution in [3.05, 3.63) is 41.7 Å². The van der Waals surface area contributed by atoms with Crippen LogP contribution in [0.25, 0.3) is 0 Å². The van der Waals surface area contributed by atoms with Crippen LogP contribution in [0.4, 0.5) is 0 Å². The second-order valence-electron chi connectivity index (χ2n) is 8.66. The van der Waals surface area contributed by atoms with Gasteiger partial charge in [0.25, 0.3) is 0 Å². The number of benzene rings is 1. The smallest absolute Gasteiger partial charge is 0.233 e. The first-order valence-electron chi connectivity index (χ1n) is 11.3. The van der Waals surface area contributed by atoms with Crippen LogP contribution in [0.3, 0.4) is 0 Å². The maximum absolute atomic E-state index is 12.7. The molecule has 2 aromatic rings. The van der Waals surface area contributed by atoms with Crippen molar-refractivity contribution < 1.29 is 4.79 Å². The van der Waals surface area contributed by atoms with Crippen LogP contribution >= 0.6 is 11.8 Å². The van der Waals surface area contributed by atoms with Crippen LogP contribution in [-0.2, 0) is 17.9 Å². The van der Waals surface area contributed by atoms with Gasteiger partial charge >= 0.3 is 0 Å². The summed E-state index contributed by atoms with van der Waals surface area (Å²) in [5.41, 5.74) is 1.23. The predicted molar refractivity (Wildman–Crippen MR) is 120 cm³/mol. The zero-order chi connectivity index (χ0) is 20.8. The molecule has 1 aromatic heterocycles. The topological polar surface area (TPSA) is 54.3 Å². The molecule has 2 aliphatic rings. The Balaban J connectivity index is 1.45. The molecule has 0 aliphatic carbocycles. The van der Waals surface area contributed by atoms with Gasteiger partial charge in [0.15, 0.2) is 5.16 Å². The highest BCUT2D eigenvalue weighted by molar-refractivity contribution is 7.99. The largest absolute Gasteiger partial charge is 0.342 e. The summed E-state index contributed by atoms with van der Waals surface area (Å²) in [4.78, 5) is 17.2. The minimum Gasteiger partial charge on any atom is -0.342 e. The number of nitrogens with zero attached hydrogens (tertiary/aromatic N) is 5. The van der Waals surface area contributed by atoms with E-state index in [9.17, 15) is 4.79 Å². The molecule has 0 unspecified atom stereocenters. The fraction of sp³-hybridized carbons (Fsp3) is 0.609. The van der Waals surface area contributed by atoms with E-state index in [1.165, 1.54) is 36.6 Å². The van der Waals surface area contributed by atoms with Crippen molar-refractivity contribution in [2.24, 2.45) is 5.92 Å². The van der Waals surface area contributed by atoms with Gasteiger partial charge in [0.05, 0.1) is 18.8 Å². The molecule has 6 nitrogen and oxygen atoms in total. The summed E-state index contributed by atoms with van der Waals surface area (Å²) in [5, 5.41) is 9.87. The van der Waals surface area contributed by atoms with E-state index in [4.69, 9.17) is 0 Å². The molecule has 2 aliphatic heterocycles. The van der Waals surface area contributed by atoms with Crippen molar-refractivity contribution in [3.8, 4) is 0 Å². The normalized spacial score (nSPS) is 18.6. The Morgan fingerprint density at radius 1 is 1.00 bits per heavy atom. The SMILES string of the molecule is CC1CCN(C(=O)CSc2nnc(CN3CCCCC3)n2Cc2ccccc2)CC1. The highest BCUT2D eigenvalue weighted by Gasteiger charge is 2.22. The molecular weight excluding hydrogens is 394 g/mol. The van der Waals surface area contributed by atoms with E-state index in [0.717, 1.165) is 69.0 Å². The second kappa shape index (κ2) is 10.4. The summed E-state index contributed by atoms with van der Waals surface area (Å²) in [6, 6.07) is 10.5. The van der Waals surface area contributed by atoms with Gasteiger partial charge in [0.1, 0.15) is 5.82 Å². The van der Waals surface area contributed by atoms with Crippen LogP contribution in [0.1, 0.15) is 50.4 Å². The summed E-state index contributed by atoms with van der Waals surface area (Å²) >= 11 is 1.53. The monoisotopic (exact) mass is 427 g/mol. The molecule has 1 amide bonds. The van der Waals surface area contributed by atoms with Crippen LogP contribution in [0.15, 0.2) is 35.5 Å². The zero-order valence-electron chi connectivity index (χ0n) is 18.0. The minimum absolute atomic E-state index is 0.221. The van der Waals surface area contributed by atoms with E-state index >= 15 is 0 Å². The third-order valence-corrected chi connectivity index (χ3v) is 7.20. The van der Waals surface area contributed by atoms with Crippen LogP contribution in [0.2, 0.25) is 0 Å². The Morgan fingerprint density at radius 3 is 2.47 bits per heavy atom. The highest BCUT2D eigenvalue weighted by Crippen LogP contribution is 2.23. The Labute approximate surface area is 184 Å². The number of hydrogen-bond acceptors (Lipinski definition) is 5. The van der Waals surface area contributed by atoms with Gasteiger partial charge in [-0.3, -0.25) is 9.69 Å². The fourth-order valence-corrected chi connectivity index (χ4v) is 5.12. The number of carbonyl (C=O) groups excluding carboxylic acids is 1. The first kappa shape index (κ1) is 21.4. The van der Waals surface area contributed by atoms with E-state index in [0.29, 0.717) is 5.75 Å². The Morgan fingerprint density at radius 2 is 1.73 bits per heavy atom. The lowest BCUT2D eigenvalue weighted by atomic mass is 9.99. The highest BCUT2D eigenvalue weighted by atomic mass is 32.2. The first-order valence-corrected chi connectivity index (χ1v) is 12.3. The molecule has 0 N–H and O–H groups in total. The summed E-state index contributed by atoms with van der Waals surface area (Å²) in [6.07, 6.45) is 6.07. The van der Waals surface area contributed by atoms with Gasteiger partial charge in [0.2, 0.25) is 5.91 Å². The Kier molecular flexibility index (Phi) is 7.44. The number of rotatable bonds is 7. The van der Waals surface area contributed by atoms with Crippen molar-refractivity contribution >= 4 is 17.7 Å². The van der Waals surface area contributed by atoms with Crippen molar-refractivity contribution in [3.63, 3.8) is 0 Å². The van der Waals surface area contributed by atoms with E-state index in [1.807, 2.05) is 11.0 Å². The Bertz CT molecular complexity index is 810. The van der Waals surface area contributed by atoms with Gasteiger partial charge in [-0.2, -0.15) is 0 Å². The van der Waals surface area contributed by atoms with Crippen molar-refractivity contribution in [2.45, 2.75) is 57.3 Å². The lowest BCUT2D eigenvalue weighted by molar-refractivity contribution is -0.129. The number of aromatic nitrogens is 3. The molecule has 7 heteroatoms. The van der Waals surface area contributed by atoms with Crippen LogP contribution in [-0.4, -0.2) is 62.4 Å². The average molecular weight is 428 g/mol. The molecule has 1 aromatic carbocycles. The number of piperidine rings is 2. The minimum atomic E-state index is 0.221. The average Bonchev–Trinajstić information content (AvgIpc) is 3.15. The van der Waals surface area contributed by atoms with Gasteiger partial charge < -0.3 is 9.47 Å².